The largest absolute Gasteiger partial charge is 0.339 e. The fourth-order valence-electron chi connectivity index (χ4n) is 3.10. The highest BCUT2D eigenvalue weighted by Crippen LogP contribution is 2.38. The summed E-state index contributed by atoms with van der Waals surface area (Å²) in [7, 11) is 0. The van der Waals surface area contributed by atoms with Crippen molar-refractivity contribution in [1.82, 2.24) is 25.0 Å². The predicted octanol–water partition coefficient (Wildman–Crippen LogP) is 2.64. The monoisotopic (exact) mass is 347 g/mol. The van der Waals surface area contributed by atoms with E-state index in [-0.39, 0.29) is 11.8 Å². The molecule has 26 heavy (non-hydrogen) atoms. The maximum atomic E-state index is 12.6. The van der Waals surface area contributed by atoms with E-state index in [1.54, 1.807) is 17.2 Å². The zero-order valence-electron chi connectivity index (χ0n) is 14.1. The number of hydrogen-bond acceptors (Lipinski definition) is 6. The van der Waals surface area contributed by atoms with Gasteiger partial charge in [0, 0.05) is 30.8 Å². The van der Waals surface area contributed by atoms with E-state index in [0.29, 0.717) is 36.4 Å². The molecule has 1 aliphatic carbocycles. The maximum absolute atomic E-state index is 12.6. The van der Waals surface area contributed by atoms with Gasteiger partial charge in [-0.2, -0.15) is 4.98 Å². The average molecular weight is 347 g/mol. The van der Waals surface area contributed by atoms with Crippen molar-refractivity contribution in [3.05, 3.63) is 60.0 Å². The van der Waals surface area contributed by atoms with E-state index in [4.69, 9.17) is 4.52 Å². The molecule has 1 aliphatic heterocycles. The molecule has 2 aromatic heterocycles. The van der Waals surface area contributed by atoms with E-state index < -0.39 is 0 Å². The normalized spacial score (nSPS) is 17.2. The van der Waals surface area contributed by atoms with E-state index in [1.807, 2.05) is 30.3 Å². The molecule has 7 heteroatoms. The number of aromatic nitrogens is 4. The Balaban J connectivity index is 1.25. The van der Waals surface area contributed by atoms with Gasteiger partial charge in [-0.25, -0.2) is 9.97 Å². The molecule has 130 valence electrons. The van der Waals surface area contributed by atoms with Gasteiger partial charge in [-0.1, -0.05) is 35.5 Å². The number of likely N-dealkylation sites (tertiary alicyclic amines) is 1. The summed E-state index contributed by atoms with van der Waals surface area (Å²) in [5.41, 5.74) is 1.39. The van der Waals surface area contributed by atoms with Crippen LogP contribution < -0.4 is 0 Å². The van der Waals surface area contributed by atoms with Gasteiger partial charge < -0.3 is 9.42 Å². The summed E-state index contributed by atoms with van der Waals surface area (Å²) in [6.45, 7) is 1.13. The van der Waals surface area contributed by atoms with Gasteiger partial charge in [0.2, 0.25) is 11.7 Å². The summed E-state index contributed by atoms with van der Waals surface area (Å²) in [6.07, 6.45) is 3.91. The van der Waals surface area contributed by atoms with Gasteiger partial charge in [0.25, 0.3) is 5.91 Å². The molecule has 0 unspecified atom stereocenters. The van der Waals surface area contributed by atoms with E-state index in [2.05, 4.69) is 20.1 Å². The van der Waals surface area contributed by atoms with Crippen molar-refractivity contribution >= 4 is 5.91 Å². The third kappa shape index (κ3) is 2.75. The average Bonchev–Trinajstić information content (AvgIpc) is 3.40. The molecule has 1 saturated carbocycles. The van der Waals surface area contributed by atoms with Gasteiger partial charge in [-0.3, -0.25) is 4.79 Å². The van der Waals surface area contributed by atoms with Crippen LogP contribution >= 0.6 is 0 Å². The first-order valence-corrected chi connectivity index (χ1v) is 8.79. The van der Waals surface area contributed by atoms with Crippen LogP contribution in [0.5, 0.6) is 0 Å². The molecule has 2 fully saturated rings. The topological polar surface area (TPSA) is 85.0 Å². The van der Waals surface area contributed by atoms with Crippen molar-refractivity contribution < 1.29 is 9.32 Å². The number of benzene rings is 1. The molecule has 3 heterocycles. The molecule has 3 aromatic rings. The maximum Gasteiger partial charge on any atom is 0.272 e. The zero-order chi connectivity index (χ0) is 17.5. The van der Waals surface area contributed by atoms with Crippen molar-refractivity contribution in [3.63, 3.8) is 0 Å². The lowest BCUT2D eigenvalue weighted by atomic mass is 9.99. The highest BCUT2D eigenvalue weighted by molar-refractivity contribution is 5.92. The Hall–Kier alpha value is -3.09. The van der Waals surface area contributed by atoms with Crippen molar-refractivity contribution in [3.8, 4) is 11.4 Å². The molecule has 1 saturated heterocycles. The summed E-state index contributed by atoms with van der Waals surface area (Å²) in [6, 6.07) is 11.4. The lowest BCUT2D eigenvalue weighted by Gasteiger charge is -2.36. The van der Waals surface area contributed by atoms with Gasteiger partial charge in [-0.05, 0) is 18.9 Å². The molecular weight excluding hydrogens is 330 g/mol. The molecule has 2 aliphatic rings. The molecule has 0 radical (unpaired) electrons. The minimum Gasteiger partial charge on any atom is -0.339 e. The second kappa shape index (κ2) is 6.01. The van der Waals surface area contributed by atoms with Crippen LogP contribution in [0.15, 0.2) is 47.1 Å². The van der Waals surface area contributed by atoms with Crippen LogP contribution in [0.2, 0.25) is 0 Å². The summed E-state index contributed by atoms with van der Waals surface area (Å²) in [4.78, 5) is 27.5. The molecular formula is C19H17N5O2. The van der Waals surface area contributed by atoms with Crippen LogP contribution in [0.3, 0.4) is 0 Å². The highest BCUT2D eigenvalue weighted by Gasteiger charge is 2.37. The standard InChI is InChI=1S/C19H17N5O2/c25-19(15-8-9-20-16(21-15)13-6-7-13)24-10-14(11-24)18-22-17(23-26-18)12-4-2-1-3-5-12/h1-5,8-9,13-14H,6-7,10-11H2. The smallest absolute Gasteiger partial charge is 0.272 e. The Morgan fingerprint density at radius 3 is 2.62 bits per heavy atom. The number of hydrogen-bond donors (Lipinski definition) is 0. The number of carbonyl (C=O) groups is 1. The van der Waals surface area contributed by atoms with Crippen molar-refractivity contribution in [2.75, 3.05) is 13.1 Å². The fraction of sp³-hybridized carbons (Fsp3) is 0.316. The Kier molecular flexibility index (Phi) is 3.51. The summed E-state index contributed by atoms with van der Waals surface area (Å²) in [5, 5.41) is 4.05. The number of amides is 1. The van der Waals surface area contributed by atoms with E-state index in [9.17, 15) is 4.79 Å². The van der Waals surface area contributed by atoms with Crippen LogP contribution in [-0.2, 0) is 0 Å². The Bertz CT molecular complexity index is 945. The molecule has 0 N–H and O–H groups in total. The van der Waals surface area contributed by atoms with Crippen LogP contribution in [-0.4, -0.2) is 44.0 Å². The Morgan fingerprint density at radius 1 is 1.04 bits per heavy atom. The van der Waals surface area contributed by atoms with Gasteiger partial charge in [0.05, 0.1) is 5.92 Å². The van der Waals surface area contributed by atoms with E-state index in [1.165, 1.54) is 0 Å². The molecule has 0 spiro atoms. The van der Waals surface area contributed by atoms with Gasteiger partial charge >= 0.3 is 0 Å². The molecule has 5 rings (SSSR count). The van der Waals surface area contributed by atoms with Gasteiger partial charge in [0.15, 0.2) is 0 Å². The zero-order valence-corrected chi connectivity index (χ0v) is 14.1. The van der Waals surface area contributed by atoms with Crippen LogP contribution in [0.25, 0.3) is 11.4 Å². The van der Waals surface area contributed by atoms with Crippen LogP contribution in [0, 0.1) is 0 Å². The molecule has 1 aromatic carbocycles. The minimum absolute atomic E-state index is 0.0617. The molecule has 0 atom stereocenters. The number of rotatable bonds is 4. The quantitative estimate of drug-likeness (QED) is 0.721. The highest BCUT2D eigenvalue weighted by atomic mass is 16.5. The first-order chi connectivity index (χ1) is 12.8. The molecule has 7 nitrogen and oxygen atoms in total. The Morgan fingerprint density at radius 2 is 1.85 bits per heavy atom. The van der Waals surface area contributed by atoms with Crippen molar-refractivity contribution in [2.24, 2.45) is 0 Å². The SMILES string of the molecule is O=C(c1ccnc(C2CC2)n1)N1CC(c2nc(-c3ccccc3)no2)C1. The van der Waals surface area contributed by atoms with Gasteiger partial charge in [0.1, 0.15) is 11.5 Å². The lowest BCUT2D eigenvalue weighted by Crippen LogP contribution is -2.48. The second-order valence-corrected chi connectivity index (χ2v) is 6.80. The molecule has 1 amide bonds. The van der Waals surface area contributed by atoms with Crippen molar-refractivity contribution in [2.45, 2.75) is 24.7 Å². The first-order valence-electron chi connectivity index (χ1n) is 8.79. The third-order valence-electron chi connectivity index (χ3n) is 4.83. The van der Waals surface area contributed by atoms with E-state index >= 15 is 0 Å². The van der Waals surface area contributed by atoms with Crippen molar-refractivity contribution in [1.29, 1.82) is 0 Å². The third-order valence-corrected chi connectivity index (χ3v) is 4.83. The summed E-state index contributed by atoms with van der Waals surface area (Å²) in [5.74, 6) is 2.39. The number of carbonyl (C=O) groups excluding carboxylic acids is 1. The predicted molar refractivity (Wildman–Crippen MR) is 92.4 cm³/mol. The second-order valence-electron chi connectivity index (χ2n) is 6.80. The summed E-state index contributed by atoms with van der Waals surface area (Å²) < 4.78 is 5.39. The first kappa shape index (κ1) is 15.2. The fourth-order valence-corrected chi connectivity index (χ4v) is 3.10. The van der Waals surface area contributed by atoms with Crippen LogP contribution in [0.4, 0.5) is 0 Å². The molecule has 0 bridgehead atoms. The lowest BCUT2D eigenvalue weighted by molar-refractivity contribution is 0.0562. The number of nitrogens with zero attached hydrogens (tertiary/aromatic N) is 5. The summed E-state index contributed by atoms with van der Waals surface area (Å²) >= 11 is 0. The minimum atomic E-state index is -0.0617. The van der Waals surface area contributed by atoms with Crippen LogP contribution in [0.1, 0.15) is 46.9 Å². The Labute approximate surface area is 150 Å². The van der Waals surface area contributed by atoms with Gasteiger partial charge in [-0.15, -0.1) is 0 Å². The van der Waals surface area contributed by atoms with E-state index in [0.717, 1.165) is 24.2 Å².